The molecule has 0 aliphatic rings. The van der Waals surface area contributed by atoms with Gasteiger partial charge in [-0.05, 0) is 41.1 Å². The van der Waals surface area contributed by atoms with Gasteiger partial charge in [-0.2, -0.15) is 16.8 Å². The van der Waals surface area contributed by atoms with Crippen molar-refractivity contribution < 1.29 is 29.6 Å². The van der Waals surface area contributed by atoms with Crippen LogP contribution in [0.2, 0.25) is 5.04 Å². The summed E-state index contributed by atoms with van der Waals surface area (Å²) >= 11 is 0. The smallest absolute Gasteiger partial charge is 0.264 e. The van der Waals surface area contributed by atoms with E-state index >= 15 is 0 Å². The highest BCUT2D eigenvalue weighted by Crippen LogP contribution is 2.38. The van der Waals surface area contributed by atoms with Gasteiger partial charge in [0, 0.05) is 6.10 Å². The predicted octanol–water partition coefficient (Wildman–Crippen LogP) is 7.35. The summed E-state index contributed by atoms with van der Waals surface area (Å²) in [7, 11) is -9.37. The van der Waals surface area contributed by atoms with Gasteiger partial charge in [0.05, 0.1) is 25.7 Å². The summed E-state index contributed by atoms with van der Waals surface area (Å²) in [6.07, 6.45) is 16.7. The zero-order valence-electron chi connectivity index (χ0n) is 28.3. The van der Waals surface area contributed by atoms with E-state index in [0.717, 1.165) is 102 Å². The third-order valence-electron chi connectivity index (χ3n) is 8.20. The first-order valence-corrected chi connectivity index (χ1v) is 22.3. The zero-order chi connectivity index (χ0) is 33.2. The Kier molecular flexibility index (Phi) is 17.6. The van der Waals surface area contributed by atoms with E-state index in [1.165, 1.54) is 10.4 Å². The molecule has 0 radical (unpaired) electrons. The summed E-state index contributed by atoms with van der Waals surface area (Å²) in [5.74, 6) is 0. The topological polar surface area (TPSA) is 96.0 Å². The molecule has 256 valence electrons. The van der Waals surface area contributed by atoms with E-state index in [-0.39, 0.29) is 24.4 Å². The molecule has 10 heteroatoms. The van der Waals surface area contributed by atoms with E-state index in [4.69, 9.17) is 12.8 Å². The van der Waals surface area contributed by atoms with Crippen LogP contribution in [0, 0.1) is 0 Å². The maximum atomic E-state index is 11.2. The van der Waals surface area contributed by atoms with Crippen molar-refractivity contribution in [3.8, 4) is 0 Å². The fourth-order valence-electron chi connectivity index (χ4n) is 5.99. The largest absolute Gasteiger partial charge is 0.404 e. The van der Waals surface area contributed by atoms with Gasteiger partial charge >= 0.3 is 0 Å². The summed E-state index contributed by atoms with van der Waals surface area (Å²) < 4.78 is 61.9. The van der Waals surface area contributed by atoms with Gasteiger partial charge in [0.15, 0.2) is 0 Å². The van der Waals surface area contributed by atoms with E-state index < -0.39 is 28.6 Å². The molecular weight excluding hydrogens is 625 g/mol. The average molecular weight is 683 g/mol. The number of benzene rings is 2. The lowest BCUT2D eigenvalue weighted by molar-refractivity contribution is 0.160. The van der Waals surface area contributed by atoms with Crippen molar-refractivity contribution in [3.63, 3.8) is 0 Å². The molecule has 0 bridgehead atoms. The Balaban J connectivity index is 2.05. The van der Waals surface area contributed by atoms with Gasteiger partial charge in [0.2, 0.25) is 0 Å². The molecule has 2 aromatic rings. The lowest BCUT2D eigenvalue weighted by atomic mass is 10.0. The first-order chi connectivity index (χ1) is 21.2. The average Bonchev–Trinajstić information content (AvgIpc) is 2.96. The molecule has 0 N–H and O–H groups in total. The second kappa shape index (κ2) is 19.9. The molecule has 0 aliphatic heterocycles. The number of hydrogen-bond donors (Lipinski definition) is 0. The molecule has 0 aromatic heterocycles. The Bertz CT molecular complexity index is 1190. The normalized spacial score (nSPS) is 13.0. The molecule has 0 spiro atoms. The quantitative estimate of drug-likeness (QED) is 0.0649. The molecule has 0 saturated heterocycles. The van der Waals surface area contributed by atoms with Crippen molar-refractivity contribution in [2.24, 2.45) is 0 Å². The Hall–Kier alpha value is -1.56. The summed E-state index contributed by atoms with van der Waals surface area (Å²) in [5, 5.41) is 2.54. The van der Waals surface area contributed by atoms with E-state index in [2.05, 4.69) is 81.4 Å². The lowest BCUT2D eigenvalue weighted by Crippen LogP contribution is -2.67. The molecule has 0 saturated carbocycles. The molecule has 2 aromatic carbocycles. The highest BCUT2D eigenvalue weighted by atomic mass is 32.2. The Labute approximate surface area is 275 Å². The number of hydrogen-bond acceptors (Lipinski definition) is 7. The maximum absolute atomic E-state index is 11.2. The van der Waals surface area contributed by atoms with Crippen LogP contribution in [0.4, 0.5) is 0 Å². The van der Waals surface area contributed by atoms with E-state index in [1.54, 1.807) is 0 Å². The fraction of sp³-hybridized carbons (Fsp3) is 0.657. The van der Waals surface area contributed by atoms with Gasteiger partial charge in [0.1, 0.15) is 0 Å². The van der Waals surface area contributed by atoms with Crippen molar-refractivity contribution in [1.29, 1.82) is 0 Å². The van der Waals surface area contributed by atoms with Crippen LogP contribution in [-0.2, 0) is 33.0 Å². The van der Waals surface area contributed by atoms with Crippen LogP contribution in [0.1, 0.15) is 111 Å². The Morgan fingerprint density at radius 3 is 1.22 bits per heavy atom. The Morgan fingerprint density at radius 2 is 0.889 bits per heavy atom. The highest BCUT2D eigenvalue weighted by molar-refractivity contribution is 7.86. The minimum Gasteiger partial charge on any atom is -0.404 e. The van der Waals surface area contributed by atoms with Crippen molar-refractivity contribution in [3.05, 3.63) is 60.7 Å². The van der Waals surface area contributed by atoms with E-state index in [9.17, 15) is 16.8 Å². The summed E-state index contributed by atoms with van der Waals surface area (Å²) in [4.78, 5) is 0. The molecule has 0 heterocycles. The van der Waals surface area contributed by atoms with Crippen molar-refractivity contribution in [1.82, 2.24) is 0 Å². The second-order valence-electron chi connectivity index (χ2n) is 13.3. The molecule has 0 aliphatic carbocycles. The van der Waals surface area contributed by atoms with Gasteiger partial charge in [-0.3, -0.25) is 8.37 Å². The van der Waals surface area contributed by atoms with Crippen LogP contribution < -0.4 is 10.4 Å². The van der Waals surface area contributed by atoms with Gasteiger partial charge in [0.25, 0.3) is 28.6 Å². The molecule has 2 rings (SSSR count). The monoisotopic (exact) mass is 682 g/mol. The molecule has 7 nitrogen and oxygen atoms in total. The van der Waals surface area contributed by atoms with Gasteiger partial charge < -0.3 is 4.43 Å². The Morgan fingerprint density at radius 1 is 0.556 bits per heavy atom. The van der Waals surface area contributed by atoms with E-state index in [0.29, 0.717) is 0 Å². The minimum absolute atomic E-state index is 0.0734. The van der Waals surface area contributed by atoms with Crippen molar-refractivity contribution in [2.75, 3.05) is 25.7 Å². The molecule has 0 fully saturated rings. The van der Waals surface area contributed by atoms with Crippen LogP contribution in [0.3, 0.4) is 0 Å². The maximum Gasteiger partial charge on any atom is 0.264 e. The molecular formula is C35H58O7S2Si. The van der Waals surface area contributed by atoms with Crippen LogP contribution in [-0.4, -0.2) is 57.0 Å². The van der Waals surface area contributed by atoms with Gasteiger partial charge in [-0.1, -0.05) is 146 Å². The van der Waals surface area contributed by atoms with E-state index in [1.807, 2.05) is 0 Å². The SMILES string of the molecule is CC(C)(C)[Si](OC(CCCCCCCCOS(C)(=O)=O)CCCCCCCCOS(C)(=O)=O)(c1ccccc1)c1ccccc1. The first-order valence-electron chi connectivity index (χ1n) is 16.7. The molecule has 0 atom stereocenters. The third-order valence-corrected chi connectivity index (χ3v) is 14.5. The summed E-state index contributed by atoms with van der Waals surface area (Å²) in [6.45, 7) is 7.52. The van der Waals surface area contributed by atoms with Crippen LogP contribution in [0.25, 0.3) is 0 Å². The zero-order valence-corrected chi connectivity index (χ0v) is 31.0. The van der Waals surface area contributed by atoms with Crippen LogP contribution in [0.5, 0.6) is 0 Å². The fourth-order valence-corrected chi connectivity index (χ4v) is 11.6. The van der Waals surface area contributed by atoms with Gasteiger partial charge in [-0.15, -0.1) is 0 Å². The number of rotatable bonds is 24. The summed E-state index contributed by atoms with van der Waals surface area (Å²) in [5.41, 5.74) is 0. The first kappa shape index (κ1) is 39.6. The third kappa shape index (κ3) is 15.7. The molecule has 0 amide bonds. The lowest BCUT2D eigenvalue weighted by Gasteiger charge is -2.45. The van der Waals surface area contributed by atoms with Crippen LogP contribution in [0.15, 0.2) is 60.7 Å². The van der Waals surface area contributed by atoms with Crippen molar-refractivity contribution in [2.45, 2.75) is 122 Å². The summed E-state index contributed by atoms with van der Waals surface area (Å²) in [6, 6.07) is 21.7. The van der Waals surface area contributed by atoms with Crippen molar-refractivity contribution >= 4 is 38.9 Å². The number of unbranched alkanes of at least 4 members (excludes halogenated alkanes) is 10. The predicted molar refractivity (Wildman–Crippen MR) is 189 cm³/mol. The second-order valence-corrected chi connectivity index (χ2v) is 20.8. The standard InChI is InChI=1S/C35H58O7S2Si/c1-35(2,3)45(33-26-18-14-19-27-33,34-28-20-15-21-29-34)42-32(24-16-10-6-8-12-22-30-40-43(4,36)37)25-17-11-7-9-13-23-31-41-44(5,38)39/h14-15,18-21,26-29,32H,6-13,16-17,22-25,30-31H2,1-5H3. The van der Waals surface area contributed by atoms with Crippen LogP contribution >= 0.6 is 0 Å². The van der Waals surface area contributed by atoms with Gasteiger partial charge in [-0.25, -0.2) is 0 Å². The molecule has 0 unspecified atom stereocenters. The molecule has 45 heavy (non-hydrogen) atoms. The highest BCUT2D eigenvalue weighted by Gasteiger charge is 2.51. The minimum atomic E-state index is -3.36.